The summed E-state index contributed by atoms with van der Waals surface area (Å²) in [7, 11) is 0. The Morgan fingerprint density at radius 3 is 2.46 bits per heavy atom. The number of rotatable bonds is 4. The predicted octanol–water partition coefficient (Wildman–Crippen LogP) is 4.86. The van der Waals surface area contributed by atoms with Crippen molar-refractivity contribution in [2.24, 2.45) is 0 Å². The molecule has 1 fully saturated rings. The molecule has 1 aliphatic rings. The Labute approximate surface area is 144 Å². The quantitative estimate of drug-likeness (QED) is 0.714. The first-order valence-electron chi connectivity index (χ1n) is 7.93. The van der Waals surface area contributed by atoms with Crippen LogP contribution in [0.15, 0.2) is 54.6 Å². The number of benzene rings is 2. The van der Waals surface area contributed by atoms with Gasteiger partial charge < -0.3 is 5.32 Å². The van der Waals surface area contributed by atoms with Gasteiger partial charge in [-0.15, -0.1) is 0 Å². The lowest BCUT2D eigenvalue weighted by molar-refractivity contribution is 0.102. The second-order valence-electron chi connectivity index (χ2n) is 5.96. The molecular formula is C19H16ClN3O. The Morgan fingerprint density at radius 2 is 1.79 bits per heavy atom. The number of hydrogen-bond acceptors (Lipinski definition) is 2. The van der Waals surface area contributed by atoms with Gasteiger partial charge >= 0.3 is 0 Å². The summed E-state index contributed by atoms with van der Waals surface area (Å²) in [5, 5.41) is 11.3. The highest BCUT2D eigenvalue weighted by Crippen LogP contribution is 2.45. The third kappa shape index (κ3) is 2.93. The van der Waals surface area contributed by atoms with E-state index >= 15 is 0 Å². The van der Waals surface area contributed by atoms with Crippen LogP contribution >= 0.6 is 11.6 Å². The highest BCUT2D eigenvalue weighted by Gasteiger charge is 2.31. The van der Waals surface area contributed by atoms with Crippen molar-refractivity contribution in [3.63, 3.8) is 0 Å². The third-order valence-corrected chi connectivity index (χ3v) is 4.42. The minimum absolute atomic E-state index is 0.130. The summed E-state index contributed by atoms with van der Waals surface area (Å²) in [5.41, 5.74) is 4.07. The fourth-order valence-corrected chi connectivity index (χ4v) is 2.87. The van der Waals surface area contributed by atoms with Gasteiger partial charge in [-0.3, -0.25) is 9.89 Å². The number of nitrogens with zero attached hydrogens (tertiary/aromatic N) is 1. The fourth-order valence-electron chi connectivity index (χ4n) is 2.74. The van der Waals surface area contributed by atoms with E-state index in [0.29, 0.717) is 16.5 Å². The maximum atomic E-state index is 12.6. The summed E-state index contributed by atoms with van der Waals surface area (Å²) in [6, 6.07) is 16.7. The molecule has 1 amide bonds. The normalized spacial score (nSPS) is 13.7. The van der Waals surface area contributed by atoms with Crippen LogP contribution in [0.25, 0.3) is 11.3 Å². The minimum atomic E-state index is -0.130. The molecule has 0 saturated heterocycles. The first kappa shape index (κ1) is 15.0. The van der Waals surface area contributed by atoms with E-state index in [1.54, 1.807) is 12.1 Å². The molecule has 5 heteroatoms. The van der Waals surface area contributed by atoms with Crippen molar-refractivity contribution in [1.29, 1.82) is 0 Å². The Bertz CT molecular complexity index is 867. The van der Waals surface area contributed by atoms with Crippen LogP contribution in [0.3, 0.4) is 0 Å². The zero-order chi connectivity index (χ0) is 16.5. The number of carbonyl (C=O) groups excluding carboxylic acids is 1. The number of carbonyl (C=O) groups is 1. The van der Waals surface area contributed by atoms with E-state index in [0.717, 1.165) is 35.5 Å². The minimum Gasteiger partial charge on any atom is -0.319 e. The summed E-state index contributed by atoms with van der Waals surface area (Å²) >= 11 is 5.97. The summed E-state index contributed by atoms with van der Waals surface area (Å²) in [4.78, 5) is 12.6. The van der Waals surface area contributed by atoms with Crippen LogP contribution in [0.5, 0.6) is 0 Å². The second-order valence-corrected chi connectivity index (χ2v) is 6.40. The summed E-state index contributed by atoms with van der Waals surface area (Å²) in [6.07, 6.45) is 2.24. The van der Waals surface area contributed by atoms with Crippen molar-refractivity contribution in [3.05, 3.63) is 70.9 Å². The number of aromatic amines is 1. The number of amides is 1. The third-order valence-electron chi connectivity index (χ3n) is 4.17. The molecule has 24 heavy (non-hydrogen) atoms. The molecule has 4 rings (SSSR count). The summed E-state index contributed by atoms with van der Waals surface area (Å²) in [5.74, 6) is 0.318. The average molecular weight is 338 g/mol. The van der Waals surface area contributed by atoms with Crippen LogP contribution in [0, 0.1) is 0 Å². The monoisotopic (exact) mass is 337 g/mol. The molecule has 0 bridgehead atoms. The van der Waals surface area contributed by atoms with Crippen LogP contribution in [0.1, 0.15) is 34.8 Å². The average Bonchev–Trinajstić information content (AvgIpc) is 3.38. The maximum absolute atomic E-state index is 12.6. The molecule has 1 aromatic heterocycles. The first-order valence-corrected chi connectivity index (χ1v) is 8.31. The molecule has 2 aromatic carbocycles. The van der Waals surface area contributed by atoms with Gasteiger partial charge in [-0.1, -0.05) is 41.9 Å². The van der Waals surface area contributed by atoms with Gasteiger partial charge in [-0.2, -0.15) is 5.10 Å². The topological polar surface area (TPSA) is 57.8 Å². The molecule has 4 nitrogen and oxygen atoms in total. The number of H-pyrrole nitrogens is 1. The van der Waals surface area contributed by atoms with Crippen LogP contribution in [-0.2, 0) is 0 Å². The van der Waals surface area contributed by atoms with Gasteiger partial charge in [-0.05, 0) is 37.1 Å². The number of nitrogens with one attached hydrogen (secondary N) is 2. The number of hydrogen-bond donors (Lipinski definition) is 2. The van der Waals surface area contributed by atoms with Crippen molar-refractivity contribution in [3.8, 4) is 11.3 Å². The smallest absolute Gasteiger partial charge is 0.255 e. The van der Waals surface area contributed by atoms with Gasteiger partial charge in [0.2, 0.25) is 0 Å². The lowest BCUT2D eigenvalue weighted by Gasteiger charge is -2.08. The van der Waals surface area contributed by atoms with E-state index in [1.807, 2.05) is 42.5 Å². The SMILES string of the molecule is O=C(Nc1c(-c2ccc(Cl)cc2)n[nH]c1C1CC1)c1ccccc1. The van der Waals surface area contributed by atoms with E-state index in [-0.39, 0.29) is 5.91 Å². The van der Waals surface area contributed by atoms with Crippen molar-refractivity contribution in [2.45, 2.75) is 18.8 Å². The van der Waals surface area contributed by atoms with E-state index in [2.05, 4.69) is 15.5 Å². The van der Waals surface area contributed by atoms with E-state index in [9.17, 15) is 4.79 Å². The fraction of sp³-hybridized carbons (Fsp3) is 0.158. The molecule has 2 N–H and O–H groups in total. The molecule has 1 saturated carbocycles. The van der Waals surface area contributed by atoms with Gasteiger partial charge in [0.1, 0.15) is 5.69 Å². The largest absolute Gasteiger partial charge is 0.319 e. The second kappa shape index (κ2) is 6.13. The number of halogens is 1. The van der Waals surface area contributed by atoms with Crippen LogP contribution < -0.4 is 5.32 Å². The molecule has 0 spiro atoms. The van der Waals surface area contributed by atoms with Gasteiger partial charge in [0.05, 0.1) is 11.4 Å². The standard InChI is InChI=1S/C19H16ClN3O/c20-15-10-8-13(9-11-15)17-18(16(22-23-17)12-6-7-12)21-19(24)14-4-2-1-3-5-14/h1-5,8-12H,6-7H2,(H,21,24)(H,22,23). The van der Waals surface area contributed by atoms with Crippen molar-refractivity contribution in [1.82, 2.24) is 10.2 Å². The highest BCUT2D eigenvalue weighted by atomic mass is 35.5. The van der Waals surface area contributed by atoms with Crippen LogP contribution in [0.4, 0.5) is 5.69 Å². The van der Waals surface area contributed by atoms with Gasteiger partial charge in [-0.25, -0.2) is 0 Å². The van der Waals surface area contributed by atoms with Crippen LogP contribution in [0.2, 0.25) is 5.02 Å². The Kier molecular flexibility index (Phi) is 3.82. The summed E-state index contributed by atoms with van der Waals surface area (Å²) in [6.45, 7) is 0. The van der Waals surface area contributed by atoms with E-state index < -0.39 is 0 Å². The number of aromatic nitrogens is 2. The lowest BCUT2D eigenvalue weighted by Crippen LogP contribution is -2.13. The number of anilines is 1. The molecule has 3 aromatic rings. The van der Waals surface area contributed by atoms with Gasteiger partial charge in [0.15, 0.2) is 0 Å². The lowest BCUT2D eigenvalue weighted by atomic mass is 10.1. The Balaban J connectivity index is 1.71. The van der Waals surface area contributed by atoms with Crippen molar-refractivity contribution < 1.29 is 4.79 Å². The molecule has 0 radical (unpaired) electrons. The molecule has 120 valence electrons. The highest BCUT2D eigenvalue weighted by molar-refractivity contribution is 6.30. The Morgan fingerprint density at radius 1 is 1.08 bits per heavy atom. The van der Waals surface area contributed by atoms with E-state index in [1.165, 1.54) is 0 Å². The van der Waals surface area contributed by atoms with Crippen molar-refractivity contribution >= 4 is 23.2 Å². The predicted molar refractivity (Wildman–Crippen MR) is 95.4 cm³/mol. The molecule has 0 unspecified atom stereocenters. The molecule has 0 aliphatic heterocycles. The van der Waals surface area contributed by atoms with E-state index in [4.69, 9.17) is 11.6 Å². The van der Waals surface area contributed by atoms with Gasteiger partial charge in [0, 0.05) is 22.1 Å². The zero-order valence-corrected chi connectivity index (χ0v) is 13.7. The zero-order valence-electron chi connectivity index (χ0n) is 12.9. The van der Waals surface area contributed by atoms with Gasteiger partial charge in [0.25, 0.3) is 5.91 Å². The molecule has 1 heterocycles. The maximum Gasteiger partial charge on any atom is 0.255 e. The molecule has 0 atom stereocenters. The van der Waals surface area contributed by atoms with Crippen molar-refractivity contribution in [2.75, 3.05) is 5.32 Å². The molecule has 1 aliphatic carbocycles. The molecular weight excluding hydrogens is 322 g/mol. The summed E-state index contributed by atoms with van der Waals surface area (Å²) < 4.78 is 0. The first-order chi connectivity index (χ1) is 11.7. The Hall–Kier alpha value is -2.59. The van der Waals surface area contributed by atoms with Crippen LogP contribution in [-0.4, -0.2) is 16.1 Å².